The SMILES string of the molecule is Cc1cncc(C(=O)N2C[C@H]3CCC[C@@]3(c3noc(CC(C)C)n3)C2)c1. The van der Waals surface area contributed by atoms with Gasteiger partial charge in [0.2, 0.25) is 5.89 Å². The van der Waals surface area contributed by atoms with Crippen LogP contribution >= 0.6 is 0 Å². The van der Waals surface area contributed by atoms with E-state index in [1.807, 2.05) is 17.9 Å². The predicted octanol–water partition coefficient (Wildman–Crippen LogP) is 3.17. The van der Waals surface area contributed by atoms with Crippen LogP contribution in [0.15, 0.2) is 23.0 Å². The molecule has 1 amide bonds. The molecule has 1 aliphatic carbocycles. The summed E-state index contributed by atoms with van der Waals surface area (Å²) in [5.74, 6) is 2.46. The molecule has 1 aliphatic heterocycles. The van der Waals surface area contributed by atoms with E-state index in [1.165, 1.54) is 0 Å². The Labute approximate surface area is 154 Å². The first kappa shape index (κ1) is 17.2. The van der Waals surface area contributed by atoms with Gasteiger partial charge in [-0.05, 0) is 43.2 Å². The molecular formula is C20H26N4O2. The minimum atomic E-state index is -0.147. The number of hydrogen-bond donors (Lipinski definition) is 0. The van der Waals surface area contributed by atoms with Crippen LogP contribution in [-0.4, -0.2) is 39.0 Å². The highest BCUT2D eigenvalue weighted by Crippen LogP contribution is 2.49. The second kappa shape index (κ2) is 6.49. The molecule has 0 unspecified atom stereocenters. The molecule has 3 heterocycles. The Morgan fingerprint density at radius 1 is 1.42 bits per heavy atom. The quantitative estimate of drug-likeness (QED) is 0.843. The third kappa shape index (κ3) is 2.91. The Morgan fingerprint density at radius 3 is 3.04 bits per heavy atom. The van der Waals surface area contributed by atoms with E-state index < -0.39 is 0 Å². The smallest absolute Gasteiger partial charge is 0.255 e. The van der Waals surface area contributed by atoms with Crippen molar-refractivity contribution in [3.05, 3.63) is 41.3 Å². The Hall–Kier alpha value is -2.24. The Balaban J connectivity index is 1.59. The van der Waals surface area contributed by atoms with Gasteiger partial charge in [-0.15, -0.1) is 0 Å². The monoisotopic (exact) mass is 354 g/mol. The van der Waals surface area contributed by atoms with Crippen LogP contribution < -0.4 is 0 Å². The van der Waals surface area contributed by atoms with Crippen LogP contribution in [0.25, 0.3) is 0 Å². The van der Waals surface area contributed by atoms with E-state index in [4.69, 9.17) is 9.51 Å². The summed E-state index contributed by atoms with van der Waals surface area (Å²) in [6, 6.07) is 1.91. The fourth-order valence-corrected chi connectivity index (χ4v) is 4.55. The molecule has 2 fully saturated rings. The third-order valence-corrected chi connectivity index (χ3v) is 5.78. The third-order valence-electron chi connectivity index (χ3n) is 5.78. The van der Waals surface area contributed by atoms with Crippen LogP contribution in [0.1, 0.15) is 60.7 Å². The fourth-order valence-electron chi connectivity index (χ4n) is 4.55. The number of pyridine rings is 1. The van der Waals surface area contributed by atoms with Crippen molar-refractivity contribution in [2.75, 3.05) is 13.1 Å². The second-order valence-corrected chi connectivity index (χ2v) is 8.29. The topological polar surface area (TPSA) is 72.1 Å². The molecule has 0 spiro atoms. The summed E-state index contributed by atoms with van der Waals surface area (Å²) in [5, 5.41) is 4.33. The summed E-state index contributed by atoms with van der Waals surface area (Å²) < 4.78 is 5.51. The highest BCUT2D eigenvalue weighted by Gasteiger charge is 2.54. The molecule has 0 bridgehead atoms. The van der Waals surface area contributed by atoms with Gasteiger partial charge in [-0.2, -0.15) is 4.98 Å². The number of aryl methyl sites for hydroxylation is 1. The van der Waals surface area contributed by atoms with Gasteiger partial charge in [-0.1, -0.05) is 25.4 Å². The van der Waals surface area contributed by atoms with E-state index in [0.717, 1.165) is 43.6 Å². The molecule has 0 aromatic carbocycles. The van der Waals surface area contributed by atoms with Crippen molar-refractivity contribution >= 4 is 5.91 Å². The zero-order chi connectivity index (χ0) is 18.3. The molecule has 2 atom stereocenters. The van der Waals surface area contributed by atoms with Gasteiger partial charge < -0.3 is 9.42 Å². The number of nitrogens with zero attached hydrogens (tertiary/aromatic N) is 4. The molecule has 138 valence electrons. The molecule has 6 nitrogen and oxygen atoms in total. The number of carbonyl (C=O) groups excluding carboxylic acids is 1. The number of fused-ring (bicyclic) bond motifs is 1. The lowest BCUT2D eigenvalue weighted by Crippen LogP contribution is -2.35. The molecule has 2 aliphatic rings. The lowest BCUT2D eigenvalue weighted by molar-refractivity contribution is 0.0776. The summed E-state index contributed by atoms with van der Waals surface area (Å²) in [5.41, 5.74) is 1.52. The Bertz CT molecular complexity index is 816. The van der Waals surface area contributed by atoms with Gasteiger partial charge in [0.1, 0.15) is 0 Å². The highest BCUT2D eigenvalue weighted by atomic mass is 16.5. The van der Waals surface area contributed by atoms with Crippen molar-refractivity contribution in [3.8, 4) is 0 Å². The number of likely N-dealkylation sites (tertiary alicyclic amines) is 1. The average molecular weight is 354 g/mol. The number of rotatable bonds is 4. The maximum Gasteiger partial charge on any atom is 0.255 e. The van der Waals surface area contributed by atoms with Crippen LogP contribution in [0.3, 0.4) is 0 Å². The van der Waals surface area contributed by atoms with Crippen LogP contribution in [-0.2, 0) is 11.8 Å². The second-order valence-electron chi connectivity index (χ2n) is 8.29. The lowest BCUT2D eigenvalue weighted by Gasteiger charge is -2.24. The van der Waals surface area contributed by atoms with Crippen molar-refractivity contribution in [2.24, 2.45) is 11.8 Å². The summed E-state index contributed by atoms with van der Waals surface area (Å²) in [7, 11) is 0. The van der Waals surface area contributed by atoms with E-state index in [2.05, 4.69) is 24.0 Å². The Morgan fingerprint density at radius 2 is 2.27 bits per heavy atom. The first-order valence-corrected chi connectivity index (χ1v) is 9.52. The fraction of sp³-hybridized carbons (Fsp3) is 0.600. The zero-order valence-corrected chi connectivity index (χ0v) is 15.7. The molecule has 2 aromatic rings. The largest absolute Gasteiger partial charge is 0.339 e. The molecule has 2 aromatic heterocycles. The van der Waals surface area contributed by atoms with Gasteiger partial charge >= 0.3 is 0 Å². The maximum atomic E-state index is 13.0. The summed E-state index contributed by atoms with van der Waals surface area (Å²) in [4.78, 5) is 23.8. The average Bonchev–Trinajstić information content (AvgIpc) is 3.27. The van der Waals surface area contributed by atoms with Crippen molar-refractivity contribution in [2.45, 2.75) is 51.9 Å². The van der Waals surface area contributed by atoms with Gasteiger partial charge in [0.25, 0.3) is 5.91 Å². The molecule has 0 N–H and O–H groups in total. The van der Waals surface area contributed by atoms with E-state index in [0.29, 0.717) is 29.8 Å². The molecule has 6 heteroatoms. The van der Waals surface area contributed by atoms with E-state index in [9.17, 15) is 4.79 Å². The van der Waals surface area contributed by atoms with Crippen molar-refractivity contribution in [3.63, 3.8) is 0 Å². The summed E-state index contributed by atoms with van der Waals surface area (Å²) >= 11 is 0. The Kier molecular flexibility index (Phi) is 4.29. The number of carbonyl (C=O) groups is 1. The van der Waals surface area contributed by atoms with Crippen LogP contribution in [0.2, 0.25) is 0 Å². The van der Waals surface area contributed by atoms with Gasteiger partial charge in [0, 0.05) is 31.9 Å². The van der Waals surface area contributed by atoms with Crippen LogP contribution in [0, 0.1) is 18.8 Å². The van der Waals surface area contributed by atoms with Crippen molar-refractivity contribution in [1.29, 1.82) is 0 Å². The first-order valence-electron chi connectivity index (χ1n) is 9.52. The first-order chi connectivity index (χ1) is 12.5. The van der Waals surface area contributed by atoms with E-state index >= 15 is 0 Å². The van der Waals surface area contributed by atoms with E-state index in [-0.39, 0.29) is 11.3 Å². The van der Waals surface area contributed by atoms with Crippen LogP contribution in [0.5, 0.6) is 0 Å². The van der Waals surface area contributed by atoms with Gasteiger partial charge in [-0.25, -0.2) is 0 Å². The van der Waals surface area contributed by atoms with Gasteiger partial charge in [0.15, 0.2) is 5.82 Å². The minimum absolute atomic E-state index is 0.0564. The zero-order valence-electron chi connectivity index (χ0n) is 15.7. The maximum absolute atomic E-state index is 13.0. The molecule has 1 saturated heterocycles. The van der Waals surface area contributed by atoms with Gasteiger partial charge in [0.05, 0.1) is 11.0 Å². The number of hydrogen-bond acceptors (Lipinski definition) is 5. The molecular weight excluding hydrogens is 328 g/mol. The van der Waals surface area contributed by atoms with Crippen LogP contribution in [0.4, 0.5) is 0 Å². The summed E-state index contributed by atoms with van der Waals surface area (Å²) in [6.07, 6.45) is 7.52. The van der Waals surface area contributed by atoms with E-state index in [1.54, 1.807) is 12.4 Å². The lowest BCUT2D eigenvalue weighted by atomic mass is 9.80. The molecule has 4 rings (SSSR count). The molecule has 26 heavy (non-hydrogen) atoms. The normalized spacial score (nSPS) is 25.1. The number of amides is 1. The molecule has 1 saturated carbocycles. The standard InChI is InChI=1S/C20H26N4O2/c1-13(2)7-17-22-19(23-26-17)20-6-4-5-16(20)11-24(12-20)18(25)15-8-14(3)9-21-10-15/h8-10,13,16H,4-7,11-12H2,1-3H3/t16-,20-/m1/s1. The molecule has 0 radical (unpaired) electrons. The van der Waals surface area contributed by atoms with Crippen molar-refractivity contribution in [1.82, 2.24) is 20.0 Å². The highest BCUT2D eigenvalue weighted by molar-refractivity contribution is 5.94. The van der Waals surface area contributed by atoms with Crippen molar-refractivity contribution < 1.29 is 9.32 Å². The minimum Gasteiger partial charge on any atom is -0.339 e. The predicted molar refractivity (Wildman–Crippen MR) is 96.7 cm³/mol. The summed E-state index contributed by atoms with van der Waals surface area (Å²) in [6.45, 7) is 7.68. The number of aromatic nitrogens is 3. The van der Waals surface area contributed by atoms with Gasteiger partial charge in [-0.3, -0.25) is 9.78 Å².